The normalized spacial score (nSPS) is 10.6. The first-order chi connectivity index (χ1) is 10.1. The van der Waals surface area contributed by atoms with Gasteiger partial charge in [0.05, 0.1) is 0 Å². The second kappa shape index (κ2) is 7.19. The molecular weight excluding hydrogens is 258 g/mol. The van der Waals surface area contributed by atoms with Crippen LogP contribution in [0.4, 0.5) is 0 Å². The zero-order chi connectivity index (χ0) is 15.2. The van der Waals surface area contributed by atoms with Crippen molar-refractivity contribution in [1.29, 1.82) is 0 Å². The van der Waals surface area contributed by atoms with Crippen LogP contribution in [0.3, 0.4) is 0 Å². The predicted molar refractivity (Wildman–Crippen MR) is 87.8 cm³/mol. The Labute approximate surface area is 127 Å². The van der Waals surface area contributed by atoms with Gasteiger partial charge in [0.25, 0.3) is 0 Å². The highest BCUT2D eigenvalue weighted by atomic mass is 16.1. The average molecular weight is 281 g/mol. The van der Waals surface area contributed by atoms with E-state index in [1.807, 2.05) is 24.3 Å². The Bertz CT molecular complexity index is 611. The van der Waals surface area contributed by atoms with Crippen molar-refractivity contribution in [2.24, 2.45) is 5.73 Å². The lowest BCUT2D eigenvalue weighted by atomic mass is 9.94. The number of benzene rings is 2. The predicted octanol–water partition coefficient (Wildman–Crippen LogP) is 3.62. The van der Waals surface area contributed by atoms with Crippen molar-refractivity contribution in [2.45, 2.75) is 33.1 Å². The lowest BCUT2D eigenvalue weighted by Gasteiger charge is -2.09. The maximum absolute atomic E-state index is 12.5. The molecule has 2 rings (SSSR count). The van der Waals surface area contributed by atoms with Crippen LogP contribution < -0.4 is 5.73 Å². The zero-order valence-electron chi connectivity index (χ0n) is 12.9. The minimum Gasteiger partial charge on any atom is -0.330 e. The van der Waals surface area contributed by atoms with E-state index in [4.69, 9.17) is 5.73 Å². The highest BCUT2D eigenvalue weighted by Gasteiger charge is 2.11. The van der Waals surface area contributed by atoms with Gasteiger partial charge in [0.15, 0.2) is 5.78 Å². The molecule has 0 spiro atoms. The molecule has 2 heteroatoms. The Hall–Kier alpha value is -1.93. The van der Waals surface area contributed by atoms with E-state index in [-0.39, 0.29) is 5.78 Å². The minimum atomic E-state index is 0.182. The lowest BCUT2D eigenvalue weighted by Crippen LogP contribution is -2.07. The minimum absolute atomic E-state index is 0.182. The summed E-state index contributed by atoms with van der Waals surface area (Å²) in [7, 11) is 0. The Morgan fingerprint density at radius 2 is 1.71 bits per heavy atom. The van der Waals surface area contributed by atoms with Gasteiger partial charge < -0.3 is 5.73 Å². The highest BCUT2D eigenvalue weighted by Crippen LogP contribution is 2.17. The molecule has 0 radical (unpaired) electrons. The lowest BCUT2D eigenvalue weighted by molar-refractivity contribution is 0.0992. The molecule has 0 fully saturated rings. The van der Waals surface area contributed by atoms with Crippen LogP contribution in [-0.2, 0) is 12.8 Å². The van der Waals surface area contributed by atoms with Crippen LogP contribution >= 0.6 is 0 Å². The fraction of sp³-hybridized carbons (Fsp3) is 0.316. The molecule has 0 aromatic heterocycles. The second-order valence-corrected chi connectivity index (χ2v) is 5.56. The van der Waals surface area contributed by atoms with E-state index in [9.17, 15) is 4.79 Å². The van der Waals surface area contributed by atoms with E-state index in [0.29, 0.717) is 13.0 Å². The molecule has 0 aliphatic heterocycles. The van der Waals surface area contributed by atoms with Gasteiger partial charge in [-0.25, -0.2) is 0 Å². The number of aryl methyl sites for hydroxylation is 3. The Morgan fingerprint density at radius 3 is 2.38 bits per heavy atom. The molecule has 0 heterocycles. The van der Waals surface area contributed by atoms with Gasteiger partial charge in [0.1, 0.15) is 0 Å². The summed E-state index contributed by atoms with van der Waals surface area (Å²) in [6.45, 7) is 4.81. The van der Waals surface area contributed by atoms with Crippen molar-refractivity contribution in [3.63, 3.8) is 0 Å². The van der Waals surface area contributed by atoms with Crippen LogP contribution in [0, 0.1) is 13.8 Å². The molecule has 21 heavy (non-hydrogen) atoms. The van der Waals surface area contributed by atoms with E-state index in [2.05, 4.69) is 32.0 Å². The van der Waals surface area contributed by atoms with Crippen LogP contribution in [0.25, 0.3) is 0 Å². The van der Waals surface area contributed by atoms with E-state index in [1.54, 1.807) is 0 Å². The third kappa shape index (κ3) is 4.02. The molecular formula is C19H23NO. The van der Waals surface area contributed by atoms with Crippen molar-refractivity contribution in [2.75, 3.05) is 6.54 Å². The third-order valence-electron chi connectivity index (χ3n) is 3.90. The molecule has 0 atom stereocenters. The summed E-state index contributed by atoms with van der Waals surface area (Å²) in [5.41, 5.74) is 11.0. The van der Waals surface area contributed by atoms with Crippen LogP contribution in [-0.4, -0.2) is 12.3 Å². The molecule has 110 valence electrons. The Morgan fingerprint density at radius 1 is 1.05 bits per heavy atom. The smallest absolute Gasteiger partial charge is 0.167 e. The van der Waals surface area contributed by atoms with E-state index in [0.717, 1.165) is 24.0 Å². The summed E-state index contributed by atoms with van der Waals surface area (Å²) < 4.78 is 0. The maximum Gasteiger partial charge on any atom is 0.167 e. The molecule has 0 aliphatic rings. The van der Waals surface area contributed by atoms with E-state index in [1.165, 1.54) is 16.7 Å². The fourth-order valence-corrected chi connectivity index (χ4v) is 2.60. The summed E-state index contributed by atoms with van der Waals surface area (Å²) >= 11 is 0. The van der Waals surface area contributed by atoms with E-state index >= 15 is 0 Å². The van der Waals surface area contributed by atoms with Gasteiger partial charge in [-0.3, -0.25) is 4.79 Å². The molecule has 0 unspecified atom stereocenters. The molecule has 2 N–H and O–H groups in total. The molecule has 2 nitrogen and oxygen atoms in total. The molecule has 0 bridgehead atoms. The van der Waals surface area contributed by atoms with Crippen molar-refractivity contribution in [3.8, 4) is 0 Å². The van der Waals surface area contributed by atoms with Crippen LogP contribution in [0.15, 0.2) is 42.5 Å². The first kappa shape index (κ1) is 15.5. The quantitative estimate of drug-likeness (QED) is 0.822. The zero-order valence-corrected chi connectivity index (χ0v) is 12.9. The van der Waals surface area contributed by atoms with Gasteiger partial charge >= 0.3 is 0 Å². The summed E-state index contributed by atoms with van der Waals surface area (Å²) in [5, 5.41) is 0. The Kier molecular flexibility index (Phi) is 5.29. The largest absolute Gasteiger partial charge is 0.330 e. The number of hydrogen-bond acceptors (Lipinski definition) is 2. The highest BCUT2D eigenvalue weighted by molar-refractivity contribution is 5.98. The Balaban J connectivity index is 2.17. The number of carbonyl (C=O) groups excluding carboxylic acids is 1. The summed E-state index contributed by atoms with van der Waals surface area (Å²) in [5.74, 6) is 0.182. The van der Waals surface area contributed by atoms with Gasteiger partial charge in [-0.2, -0.15) is 0 Å². The number of hydrogen-bond donors (Lipinski definition) is 1. The molecule has 0 saturated heterocycles. The van der Waals surface area contributed by atoms with Gasteiger partial charge in [-0.1, -0.05) is 36.4 Å². The molecule has 0 amide bonds. The van der Waals surface area contributed by atoms with Crippen molar-refractivity contribution >= 4 is 5.78 Å². The second-order valence-electron chi connectivity index (χ2n) is 5.56. The van der Waals surface area contributed by atoms with Crippen molar-refractivity contribution in [3.05, 3.63) is 70.3 Å². The van der Waals surface area contributed by atoms with Crippen molar-refractivity contribution < 1.29 is 4.79 Å². The first-order valence-corrected chi connectivity index (χ1v) is 7.49. The number of carbonyl (C=O) groups is 1. The van der Waals surface area contributed by atoms with Crippen LogP contribution in [0.2, 0.25) is 0 Å². The fourth-order valence-electron chi connectivity index (χ4n) is 2.60. The standard InChI is InChI=1S/C19H23NO/c1-14-6-3-7-15(2)18(14)13-19(21)17-10-4-8-16(12-17)9-5-11-20/h3-4,6-8,10,12H,5,9,11,13,20H2,1-2H3. The van der Waals surface area contributed by atoms with Crippen LogP contribution in [0.1, 0.15) is 39.0 Å². The van der Waals surface area contributed by atoms with Crippen molar-refractivity contribution in [1.82, 2.24) is 0 Å². The number of rotatable bonds is 6. The molecule has 2 aromatic carbocycles. The van der Waals surface area contributed by atoms with Gasteiger partial charge in [-0.05, 0) is 61.6 Å². The molecule has 0 aliphatic carbocycles. The van der Waals surface area contributed by atoms with Gasteiger partial charge in [0.2, 0.25) is 0 Å². The number of Topliss-reactive ketones (excluding diaryl/α,β-unsaturated/α-hetero) is 1. The monoisotopic (exact) mass is 281 g/mol. The van der Waals surface area contributed by atoms with Crippen LogP contribution in [0.5, 0.6) is 0 Å². The SMILES string of the molecule is Cc1cccc(C)c1CC(=O)c1cccc(CCCN)c1. The third-order valence-corrected chi connectivity index (χ3v) is 3.90. The number of ketones is 1. The summed E-state index contributed by atoms with van der Waals surface area (Å²) in [6, 6.07) is 14.1. The topological polar surface area (TPSA) is 43.1 Å². The summed E-state index contributed by atoms with van der Waals surface area (Å²) in [4.78, 5) is 12.5. The summed E-state index contributed by atoms with van der Waals surface area (Å²) in [6.07, 6.45) is 2.36. The molecule has 2 aromatic rings. The van der Waals surface area contributed by atoms with Gasteiger partial charge in [0, 0.05) is 12.0 Å². The molecule has 0 saturated carbocycles. The average Bonchev–Trinajstić information content (AvgIpc) is 2.49. The maximum atomic E-state index is 12.5. The first-order valence-electron chi connectivity index (χ1n) is 7.49. The van der Waals surface area contributed by atoms with Gasteiger partial charge in [-0.15, -0.1) is 0 Å². The van der Waals surface area contributed by atoms with E-state index < -0.39 is 0 Å². The number of nitrogens with two attached hydrogens (primary N) is 1.